The maximum Gasteiger partial charge on any atom is 0.228 e. The monoisotopic (exact) mass is 258 g/mol. The van der Waals surface area contributed by atoms with E-state index in [2.05, 4.69) is 6.07 Å². The first-order chi connectivity index (χ1) is 9.12. The van der Waals surface area contributed by atoms with E-state index in [0.29, 0.717) is 25.8 Å². The largest absolute Gasteiger partial charge is 0.313 e. The Bertz CT molecular complexity index is 444. The highest BCUT2D eigenvalue weighted by Crippen LogP contribution is 2.31. The average molecular weight is 258 g/mol. The number of nitrogens with zero attached hydrogens (tertiary/aromatic N) is 2. The van der Waals surface area contributed by atoms with Crippen LogP contribution in [-0.2, 0) is 4.79 Å². The van der Waals surface area contributed by atoms with Crippen molar-refractivity contribution in [2.24, 2.45) is 5.41 Å². The molecule has 3 nitrogen and oxygen atoms in total. The van der Waals surface area contributed by atoms with Gasteiger partial charge in [-0.15, -0.1) is 0 Å². The van der Waals surface area contributed by atoms with E-state index in [0.717, 1.165) is 5.69 Å². The number of amides is 1. The number of anilines is 1. The molecular weight excluding hydrogens is 236 g/mol. The van der Waals surface area contributed by atoms with Crippen LogP contribution in [0.2, 0.25) is 0 Å². The lowest BCUT2D eigenvalue weighted by atomic mass is 9.80. The smallest absolute Gasteiger partial charge is 0.228 e. The van der Waals surface area contributed by atoms with E-state index in [9.17, 15) is 10.1 Å². The molecule has 0 fully saturated rings. The first-order valence-corrected chi connectivity index (χ1v) is 6.89. The first-order valence-electron chi connectivity index (χ1n) is 6.89. The van der Waals surface area contributed by atoms with Crippen LogP contribution >= 0.6 is 0 Å². The third-order valence-corrected chi connectivity index (χ3v) is 3.77. The summed E-state index contributed by atoms with van der Waals surface area (Å²) in [6, 6.07) is 11.9. The van der Waals surface area contributed by atoms with E-state index >= 15 is 0 Å². The standard InChI is InChI=1S/C16H22N2O/c1-4-16(5-2,13-17)12-15(19)18(6-3)14-10-8-7-9-11-14/h7-11H,4-6,12H2,1-3H3. The molecule has 1 aromatic rings. The lowest BCUT2D eigenvalue weighted by Gasteiger charge is -2.27. The molecule has 0 aliphatic carbocycles. The van der Waals surface area contributed by atoms with Crippen molar-refractivity contribution < 1.29 is 4.79 Å². The SMILES string of the molecule is CCN(C(=O)CC(C#N)(CC)CC)c1ccccc1. The van der Waals surface area contributed by atoms with Crippen molar-refractivity contribution in [2.45, 2.75) is 40.0 Å². The van der Waals surface area contributed by atoms with Crippen molar-refractivity contribution in [3.05, 3.63) is 30.3 Å². The number of benzene rings is 1. The van der Waals surface area contributed by atoms with Gasteiger partial charge in [0.1, 0.15) is 0 Å². The van der Waals surface area contributed by atoms with Crippen molar-refractivity contribution in [1.29, 1.82) is 5.26 Å². The normalized spacial score (nSPS) is 10.8. The van der Waals surface area contributed by atoms with Crippen LogP contribution in [0.5, 0.6) is 0 Å². The van der Waals surface area contributed by atoms with E-state index in [1.807, 2.05) is 51.1 Å². The molecule has 0 aliphatic rings. The van der Waals surface area contributed by atoms with Crippen molar-refractivity contribution in [3.8, 4) is 6.07 Å². The Labute approximate surface area is 115 Å². The van der Waals surface area contributed by atoms with Crippen LogP contribution in [0.25, 0.3) is 0 Å². The van der Waals surface area contributed by atoms with Gasteiger partial charge in [-0.1, -0.05) is 32.0 Å². The zero-order valence-electron chi connectivity index (χ0n) is 12.0. The van der Waals surface area contributed by atoms with Crippen molar-refractivity contribution in [1.82, 2.24) is 0 Å². The molecule has 0 atom stereocenters. The van der Waals surface area contributed by atoms with Crippen LogP contribution in [0.4, 0.5) is 5.69 Å². The summed E-state index contributed by atoms with van der Waals surface area (Å²) in [4.78, 5) is 14.2. The molecular formula is C16H22N2O. The molecule has 1 amide bonds. The number of hydrogen-bond donors (Lipinski definition) is 0. The minimum Gasteiger partial charge on any atom is -0.313 e. The average Bonchev–Trinajstić information content (AvgIpc) is 2.47. The third-order valence-electron chi connectivity index (χ3n) is 3.77. The summed E-state index contributed by atoms with van der Waals surface area (Å²) in [5.41, 5.74) is 0.369. The Morgan fingerprint density at radius 2 is 1.79 bits per heavy atom. The fourth-order valence-electron chi connectivity index (χ4n) is 2.19. The predicted octanol–water partition coefficient (Wildman–Crippen LogP) is 3.76. The van der Waals surface area contributed by atoms with E-state index in [1.165, 1.54) is 0 Å². The van der Waals surface area contributed by atoms with Crippen molar-refractivity contribution in [2.75, 3.05) is 11.4 Å². The minimum absolute atomic E-state index is 0.0268. The number of carbonyl (C=O) groups is 1. The molecule has 0 N–H and O–H groups in total. The molecule has 1 aromatic carbocycles. The van der Waals surface area contributed by atoms with E-state index < -0.39 is 5.41 Å². The Kier molecular flexibility index (Phi) is 5.57. The molecule has 0 aliphatic heterocycles. The van der Waals surface area contributed by atoms with E-state index in [1.54, 1.807) is 4.90 Å². The zero-order chi connectivity index (χ0) is 14.3. The van der Waals surface area contributed by atoms with Crippen LogP contribution in [0.15, 0.2) is 30.3 Å². The molecule has 0 saturated carbocycles. The molecule has 19 heavy (non-hydrogen) atoms. The molecule has 0 unspecified atom stereocenters. The minimum atomic E-state index is -0.528. The van der Waals surface area contributed by atoms with Gasteiger partial charge in [0.2, 0.25) is 5.91 Å². The van der Waals surface area contributed by atoms with E-state index in [4.69, 9.17) is 0 Å². The van der Waals surface area contributed by atoms with Crippen molar-refractivity contribution >= 4 is 11.6 Å². The summed E-state index contributed by atoms with van der Waals surface area (Å²) in [6.07, 6.45) is 1.70. The third kappa shape index (κ3) is 3.57. The van der Waals surface area contributed by atoms with Gasteiger partial charge in [0.15, 0.2) is 0 Å². The molecule has 0 radical (unpaired) electrons. The van der Waals surface area contributed by atoms with Crippen LogP contribution in [-0.4, -0.2) is 12.5 Å². The van der Waals surface area contributed by atoms with Gasteiger partial charge in [0, 0.05) is 18.7 Å². The Morgan fingerprint density at radius 1 is 1.21 bits per heavy atom. The summed E-state index contributed by atoms with van der Waals surface area (Å²) >= 11 is 0. The summed E-state index contributed by atoms with van der Waals surface area (Å²) in [7, 11) is 0. The van der Waals surface area contributed by atoms with Crippen LogP contribution in [0, 0.1) is 16.7 Å². The quantitative estimate of drug-likeness (QED) is 0.779. The first kappa shape index (κ1) is 15.2. The Hall–Kier alpha value is -1.82. The van der Waals surface area contributed by atoms with Crippen molar-refractivity contribution in [3.63, 3.8) is 0 Å². The van der Waals surface area contributed by atoms with Gasteiger partial charge in [-0.05, 0) is 31.9 Å². The van der Waals surface area contributed by atoms with E-state index in [-0.39, 0.29) is 5.91 Å². The predicted molar refractivity (Wildman–Crippen MR) is 77.7 cm³/mol. The van der Waals surface area contributed by atoms with Crippen LogP contribution < -0.4 is 4.90 Å². The van der Waals surface area contributed by atoms with Crippen LogP contribution in [0.3, 0.4) is 0 Å². The molecule has 0 aromatic heterocycles. The number of nitriles is 1. The molecule has 102 valence electrons. The maximum absolute atomic E-state index is 12.4. The van der Waals surface area contributed by atoms with Crippen LogP contribution in [0.1, 0.15) is 40.0 Å². The summed E-state index contributed by atoms with van der Waals surface area (Å²) in [5.74, 6) is 0.0268. The topological polar surface area (TPSA) is 44.1 Å². The Morgan fingerprint density at radius 3 is 2.21 bits per heavy atom. The Balaban J connectivity index is 2.90. The van der Waals surface area contributed by atoms with Gasteiger partial charge < -0.3 is 4.90 Å². The highest BCUT2D eigenvalue weighted by molar-refractivity contribution is 5.93. The number of para-hydroxylation sites is 1. The van der Waals surface area contributed by atoms with Gasteiger partial charge in [0.05, 0.1) is 11.5 Å². The lowest BCUT2D eigenvalue weighted by molar-refractivity contribution is -0.120. The molecule has 0 bridgehead atoms. The summed E-state index contributed by atoms with van der Waals surface area (Å²) in [5, 5.41) is 9.33. The zero-order valence-corrected chi connectivity index (χ0v) is 12.0. The molecule has 0 heterocycles. The second-order valence-corrected chi connectivity index (χ2v) is 4.75. The number of hydrogen-bond acceptors (Lipinski definition) is 2. The summed E-state index contributed by atoms with van der Waals surface area (Å²) < 4.78 is 0. The maximum atomic E-state index is 12.4. The number of carbonyl (C=O) groups excluding carboxylic acids is 1. The molecule has 3 heteroatoms. The fraction of sp³-hybridized carbons (Fsp3) is 0.500. The second kappa shape index (κ2) is 6.94. The highest BCUT2D eigenvalue weighted by Gasteiger charge is 2.31. The van der Waals surface area contributed by atoms with Gasteiger partial charge in [-0.25, -0.2) is 0 Å². The molecule has 0 spiro atoms. The fourth-order valence-corrected chi connectivity index (χ4v) is 2.19. The lowest BCUT2D eigenvalue weighted by Crippen LogP contribution is -2.35. The summed E-state index contributed by atoms with van der Waals surface area (Å²) in [6.45, 7) is 6.52. The van der Waals surface area contributed by atoms with Gasteiger partial charge >= 0.3 is 0 Å². The molecule has 0 saturated heterocycles. The number of rotatable bonds is 6. The highest BCUT2D eigenvalue weighted by atomic mass is 16.2. The van der Waals surface area contributed by atoms with Gasteiger partial charge in [-0.2, -0.15) is 5.26 Å². The van der Waals surface area contributed by atoms with Gasteiger partial charge in [-0.3, -0.25) is 4.79 Å². The molecule has 1 rings (SSSR count). The van der Waals surface area contributed by atoms with Gasteiger partial charge in [0.25, 0.3) is 0 Å². The second-order valence-electron chi connectivity index (χ2n) is 4.75.